The molecular weight excluding hydrogens is 414 g/mol. The van der Waals surface area contributed by atoms with Crippen molar-refractivity contribution in [1.82, 2.24) is 10.1 Å². The average molecular weight is 435 g/mol. The van der Waals surface area contributed by atoms with Crippen LogP contribution >= 0.6 is 0 Å². The normalized spacial score (nSPS) is 18.0. The number of hydrogen-bond donors (Lipinski definition) is 1. The number of hydrogen-bond acceptors (Lipinski definition) is 8. The molecule has 3 aromatic rings. The number of carboxylic acid groups (broad SMARTS) is 1. The molecule has 2 atom stereocenters. The first-order valence-corrected chi connectivity index (χ1v) is 9.99. The van der Waals surface area contributed by atoms with Gasteiger partial charge in [-0.3, -0.25) is 0 Å². The fourth-order valence-electron chi connectivity index (χ4n) is 3.50. The predicted octanol–water partition coefficient (Wildman–Crippen LogP) is 3.87. The van der Waals surface area contributed by atoms with Crippen molar-refractivity contribution in [2.45, 2.75) is 39.1 Å². The molecule has 0 aliphatic carbocycles. The van der Waals surface area contributed by atoms with E-state index in [-0.39, 0.29) is 18.8 Å². The van der Waals surface area contributed by atoms with Crippen LogP contribution in [0.5, 0.6) is 5.75 Å². The SMILES string of the molecule is Cc1cc([C@@H]2OCO[C@H]2C(=O)O)ccc1-c1noc(-c2ccc(OC(C)C)c(C#N)c2)n1. The Morgan fingerprint density at radius 2 is 2.06 bits per heavy atom. The average Bonchev–Trinajstić information content (AvgIpc) is 3.43. The Labute approximate surface area is 184 Å². The van der Waals surface area contributed by atoms with E-state index in [1.54, 1.807) is 30.3 Å². The van der Waals surface area contributed by atoms with Crippen molar-refractivity contribution in [3.8, 4) is 34.7 Å². The van der Waals surface area contributed by atoms with Gasteiger partial charge in [-0.2, -0.15) is 10.2 Å². The molecule has 0 radical (unpaired) electrons. The summed E-state index contributed by atoms with van der Waals surface area (Å²) in [4.78, 5) is 15.8. The summed E-state index contributed by atoms with van der Waals surface area (Å²) < 4.78 is 21.7. The van der Waals surface area contributed by atoms with Crippen LogP contribution in [0.3, 0.4) is 0 Å². The zero-order valence-electron chi connectivity index (χ0n) is 17.7. The van der Waals surface area contributed by atoms with Crippen molar-refractivity contribution in [2.75, 3.05) is 6.79 Å². The van der Waals surface area contributed by atoms with Crippen molar-refractivity contribution >= 4 is 5.97 Å². The van der Waals surface area contributed by atoms with Crippen LogP contribution in [0.1, 0.15) is 36.6 Å². The molecule has 1 aliphatic heterocycles. The molecule has 9 heteroatoms. The second-order valence-electron chi connectivity index (χ2n) is 7.62. The number of nitriles is 1. The van der Waals surface area contributed by atoms with Gasteiger partial charge >= 0.3 is 5.97 Å². The second-order valence-corrected chi connectivity index (χ2v) is 7.62. The minimum absolute atomic E-state index is 0.0547. The molecule has 32 heavy (non-hydrogen) atoms. The molecular formula is C23H21N3O6. The fourth-order valence-corrected chi connectivity index (χ4v) is 3.50. The standard InChI is InChI=1S/C23H21N3O6/c1-12(2)31-18-7-5-15(9-16(18)10-24)22-25-21(26-32-22)17-6-4-14(8-13(17)3)19-20(23(27)28)30-11-29-19/h4-9,12,19-20H,11H2,1-3H3,(H,27,28)/t19-,20+/m0/s1. The van der Waals surface area contributed by atoms with E-state index in [1.807, 2.05) is 26.8 Å². The lowest BCUT2D eigenvalue weighted by Gasteiger charge is -2.15. The Kier molecular flexibility index (Phi) is 5.90. The number of aryl methyl sites for hydroxylation is 1. The lowest BCUT2D eigenvalue weighted by molar-refractivity contribution is -0.148. The highest BCUT2D eigenvalue weighted by atomic mass is 16.7. The molecule has 1 N–H and O–H groups in total. The zero-order chi connectivity index (χ0) is 22.8. The van der Waals surface area contributed by atoms with E-state index in [1.165, 1.54) is 0 Å². The first-order chi connectivity index (χ1) is 15.4. The molecule has 0 saturated carbocycles. The molecule has 9 nitrogen and oxygen atoms in total. The maximum absolute atomic E-state index is 11.3. The van der Waals surface area contributed by atoms with Gasteiger partial charge in [-0.05, 0) is 50.1 Å². The molecule has 1 fully saturated rings. The van der Waals surface area contributed by atoms with E-state index in [4.69, 9.17) is 18.7 Å². The van der Waals surface area contributed by atoms with Gasteiger partial charge in [0.15, 0.2) is 6.10 Å². The number of benzene rings is 2. The van der Waals surface area contributed by atoms with Crippen molar-refractivity contribution in [2.24, 2.45) is 0 Å². The third-order valence-electron chi connectivity index (χ3n) is 4.97. The number of ether oxygens (including phenoxy) is 3. The van der Waals surface area contributed by atoms with E-state index in [9.17, 15) is 15.2 Å². The number of carboxylic acids is 1. The van der Waals surface area contributed by atoms with E-state index in [0.717, 1.165) is 11.1 Å². The number of nitrogens with zero attached hydrogens (tertiary/aromatic N) is 3. The van der Waals surface area contributed by atoms with E-state index in [2.05, 4.69) is 16.2 Å². The van der Waals surface area contributed by atoms with Crippen LogP contribution in [0.25, 0.3) is 22.8 Å². The van der Waals surface area contributed by atoms with Crippen molar-refractivity contribution in [1.29, 1.82) is 5.26 Å². The molecule has 2 aromatic carbocycles. The van der Waals surface area contributed by atoms with E-state index >= 15 is 0 Å². The van der Waals surface area contributed by atoms with Crippen LogP contribution in [0, 0.1) is 18.3 Å². The predicted molar refractivity (Wildman–Crippen MR) is 112 cm³/mol. The zero-order valence-corrected chi connectivity index (χ0v) is 17.7. The van der Waals surface area contributed by atoms with Gasteiger partial charge in [-0.15, -0.1) is 0 Å². The number of carbonyl (C=O) groups is 1. The quantitative estimate of drug-likeness (QED) is 0.613. The number of rotatable bonds is 6. The monoisotopic (exact) mass is 435 g/mol. The van der Waals surface area contributed by atoms with Gasteiger partial charge in [0.05, 0.1) is 11.7 Å². The van der Waals surface area contributed by atoms with Crippen LogP contribution in [0.4, 0.5) is 0 Å². The van der Waals surface area contributed by atoms with Gasteiger partial charge in [0.25, 0.3) is 5.89 Å². The third-order valence-corrected chi connectivity index (χ3v) is 4.97. The molecule has 164 valence electrons. The smallest absolute Gasteiger partial charge is 0.336 e. The molecule has 0 amide bonds. The topological polar surface area (TPSA) is 128 Å². The highest BCUT2D eigenvalue weighted by Crippen LogP contribution is 2.33. The van der Waals surface area contributed by atoms with Crippen molar-refractivity contribution < 1.29 is 28.6 Å². The Balaban J connectivity index is 1.60. The lowest BCUT2D eigenvalue weighted by Crippen LogP contribution is -2.25. The van der Waals surface area contributed by atoms with Crippen LogP contribution < -0.4 is 4.74 Å². The Morgan fingerprint density at radius 1 is 1.25 bits per heavy atom. The Bertz CT molecular complexity index is 1200. The summed E-state index contributed by atoms with van der Waals surface area (Å²) in [5.41, 5.74) is 3.23. The first-order valence-electron chi connectivity index (χ1n) is 9.99. The summed E-state index contributed by atoms with van der Waals surface area (Å²) in [5.74, 6) is 0.0757. The van der Waals surface area contributed by atoms with Gasteiger partial charge in [0.1, 0.15) is 24.7 Å². The largest absolute Gasteiger partial charge is 0.490 e. The molecule has 0 bridgehead atoms. The van der Waals surface area contributed by atoms with Crippen LogP contribution in [0.15, 0.2) is 40.9 Å². The van der Waals surface area contributed by atoms with Crippen molar-refractivity contribution in [3.05, 3.63) is 53.1 Å². The Morgan fingerprint density at radius 3 is 2.75 bits per heavy atom. The number of aromatic nitrogens is 2. The summed E-state index contributed by atoms with van der Waals surface area (Å²) in [5, 5.41) is 22.8. The Hall–Kier alpha value is -3.74. The van der Waals surface area contributed by atoms with Crippen LogP contribution in [0.2, 0.25) is 0 Å². The number of aliphatic carboxylic acids is 1. The lowest BCUT2D eigenvalue weighted by atomic mass is 9.98. The maximum Gasteiger partial charge on any atom is 0.336 e. The van der Waals surface area contributed by atoms with Gasteiger partial charge < -0.3 is 23.8 Å². The molecule has 2 heterocycles. The molecule has 1 aliphatic rings. The summed E-state index contributed by atoms with van der Waals surface area (Å²) in [6.45, 7) is 5.58. The van der Waals surface area contributed by atoms with Crippen molar-refractivity contribution in [3.63, 3.8) is 0 Å². The third kappa shape index (κ3) is 4.19. The molecule has 1 saturated heterocycles. The fraction of sp³-hybridized carbons (Fsp3) is 0.304. The maximum atomic E-state index is 11.3. The first kappa shape index (κ1) is 21.5. The molecule has 4 rings (SSSR count). The van der Waals surface area contributed by atoms with Gasteiger partial charge in [0, 0.05) is 11.1 Å². The van der Waals surface area contributed by atoms with Crippen LogP contribution in [-0.4, -0.2) is 40.2 Å². The van der Waals surface area contributed by atoms with Gasteiger partial charge in [-0.1, -0.05) is 23.4 Å². The molecule has 1 aromatic heterocycles. The van der Waals surface area contributed by atoms with Gasteiger partial charge in [0.2, 0.25) is 5.82 Å². The summed E-state index contributed by atoms with van der Waals surface area (Å²) in [6, 6.07) is 12.6. The summed E-state index contributed by atoms with van der Waals surface area (Å²) in [6.07, 6.45) is -1.79. The molecule has 0 unspecified atom stereocenters. The van der Waals surface area contributed by atoms with Crippen LogP contribution in [-0.2, 0) is 14.3 Å². The highest BCUT2D eigenvalue weighted by Gasteiger charge is 2.36. The minimum Gasteiger partial charge on any atom is -0.490 e. The highest BCUT2D eigenvalue weighted by molar-refractivity contribution is 5.74. The van der Waals surface area contributed by atoms with E-state index < -0.39 is 18.2 Å². The second kappa shape index (κ2) is 8.78. The summed E-state index contributed by atoms with van der Waals surface area (Å²) in [7, 11) is 0. The minimum atomic E-state index is -1.07. The molecule has 0 spiro atoms. The van der Waals surface area contributed by atoms with E-state index in [0.29, 0.717) is 28.3 Å². The van der Waals surface area contributed by atoms with Gasteiger partial charge in [-0.25, -0.2) is 4.79 Å². The summed E-state index contributed by atoms with van der Waals surface area (Å²) >= 11 is 0.